The molecule has 1 saturated heterocycles. The largest absolute Gasteiger partial charge is 0.456 e. The standard InChI is InChI=1S/C32H31N5O11S2/c1-32(2,3)47-31(41)36(27(38)24(33)20-8-5-4-6-9-20)26-28(39)35-25(30(40)46-17-19-11-13-21(14-12-19)37(42)43)23(18-49-29(26)35)48-50(44,45)22-10-7-15-34-16-22/h4-16,24,26,29H,17-18,33H2,1-3H3/t24?,26?,29-/m0/s1. The van der Waals surface area contributed by atoms with Crippen molar-refractivity contribution in [3.05, 3.63) is 112 Å². The first-order chi connectivity index (χ1) is 23.6. The first-order valence-corrected chi connectivity index (χ1v) is 17.3. The zero-order valence-corrected chi connectivity index (χ0v) is 28.5. The third kappa shape index (κ3) is 7.61. The second kappa shape index (κ2) is 14.3. The average molecular weight is 726 g/mol. The molecular weight excluding hydrogens is 695 g/mol. The molecule has 1 fully saturated rings. The molecule has 0 radical (unpaired) electrons. The molecule has 1 aromatic heterocycles. The number of carbonyl (C=O) groups excluding carboxylic acids is 4. The van der Waals surface area contributed by atoms with Crippen molar-refractivity contribution >= 4 is 51.4 Å². The molecule has 2 aliphatic rings. The number of β-lactam (4-membered cyclic amide) rings is 1. The van der Waals surface area contributed by atoms with Gasteiger partial charge in [-0.1, -0.05) is 30.3 Å². The summed E-state index contributed by atoms with van der Waals surface area (Å²) in [5.74, 6) is -3.83. The van der Waals surface area contributed by atoms with Crippen molar-refractivity contribution < 1.29 is 46.2 Å². The molecule has 262 valence electrons. The Labute approximate surface area is 290 Å². The number of rotatable bonds is 10. The zero-order valence-electron chi connectivity index (χ0n) is 26.8. The third-order valence-corrected chi connectivity index (χ3v) is 9.76. The maximum absolute atomic E-state index is 14.0. The van der Waals surface area contributed by atoms with E-state index in [1.54, 1.807) is 51.1 Å². The number of nitrogens with two attached hydrogens (primary N) is 1. The van der Waals surface area contributed by atoms with Gasteiger partial charge in [0.15, 0.2) is 17.5 Å². The van der Waals surface area contributed by atoms with Crippen LogP contribution in [0.3, 0.4) is 0 Å². The van der Waals surface area contributed by atoms with Crippen LogP contribution in [0.2, 0.25) is 0 Å². The Balaban J connectivity index is 1.49. The average Bonchev–Trinajstić information content (AvgIpc) is 3.08. The lowest BCUT2D eigenvalue weighted by atomic mass is 10.00. The van der Waals surface area contributed by atoms with Crippen LogP contribution in [0.15, 0.2) is 95.5 Å². The Bertz CT molecular complexity index is 1950. The van der Waals surface area contributed by atoms with Crippen LogP contribution in [-0.4, -0.2) is 74.8 Å². The lowest BCUT2D eigenvalue weighted by Crippen LogP contribution is -2.73. The second-order valence-corrected chi connectivity index (χ2v) is 14.6. The number of hydrogen-bond acceptors (Lipinski definition) is 14. The number of nitro benzene ring substituents is 1. The fourth-order valence-electron chi connectivity index (χ4n) is 4.94. The van der Waals surface area contributed by atoms with E-state index in [2.05, 4.69) is 4.98 Å². The van der Waals surface area contributed by atoms with Crippen LogP contribution in [0.5, 0.6) is 0 Å². The van der Waals surface area contributed by atoms with E-state index in [9.17, 15) is 37.7 Å². The quantitative estimate of drug-likeness (QED) is 0.104. The van der Waals surface area contributed by atoms with E-state index in [0.29, 0.717) is 16.0 Å². The fourth-order valence-corrected chi connectivity index (χ4v) is 7.25. The van der Waals surface area contributed by atoms with E-state index in [1.807, 2.05) is 0 Å². The molecule has 3 heterocycles. The number of nitro groups is 1. The Morgan fingerprint density at radius 1 is 1.10 bits per heavy atom. The highest BCUT2D eigenvalue weighted by Crippen LogP contribution is 2.44. The van der Waals surface area contributed by atoms with Gasteiger partial charge in [-0.05, 0) is 56.2 Å². The number of hydrogen-bond donors (Lipinski definition) is 1. The molecule has 16 nitrogen and oxygen atoms in total. The van der Waals surface area contributed by atoms with Crippen LogP contribution < -0.4 is 5.73 Å². The molecule has 0 saturated carbocycles. The number of ether oxygens (including phenoxy) is 2. The number of thioether (sulfide) groups is 1. The predicted octanol–water partition coefficient (Wildman–Crippen LogP) is 3.40. The van der Waals surface area contributed by atoms with Gasteiger partial charge in [0.1, 0.15) is 28.5 Å². The Morgan fingerprint density at radius 3 is 2.38 bits per heavy atom. The summed E-state index contributed by atoms with van der Waals surface area (Å²) in [6.45, 7) is 4.30. The van der Waals surface area contributed by atoms with Crippen LogP contribution in [0.1, 0.15) is 37.9 Å². The van der Waals surface area contributed by atoms with Crippen molar-refractivity contribution in [1.82, 2.24) is 14.8 Å². The number of fused-ring (bicyclic) bond motifs is 1. The van der Waals surface area contributed by atoms with Crippen molar-refractivity contribution in [2.45, 2.75) is 55.3 Å². The fraction of sp³-hybridized carbons (Fsp3) is 0.281. The van der Waals surface area contributed by atoms with Gasteiger partial charge < -0.3 is 19.4 Å². The maximum Gasteiger partial charge on any atom is 0.417 e. The summed E-state index contributed by atoms with van der Waals surface area (Å²) in [5, 5.41) is 9.93. The van der Waals surface area contributed by atoms with Crippen LogP contribution in [0.25, 0.3) is 0 Å². The van der Waals surface area contributed by atoms with Gasteiger partial charge in [-0.25, -0.2) is 14.5 Å². The first kappa shape index (κ1) is 36.0. The molecule has 3 atom stereocenters. The van der Waals surface area contributed by atoms with E-state index in [-0.39, 0.29) is 16.3 Å². The summed E-state index contributed by atoms with van der Waals surface area (Å²) in [6.07, 6.45) is 1.23. The highest BCUT2D eigenvalue weighted by molar-refractivity contribution is 8.00. The molecule has 18 heteroatoms. The number of nitrogens with zero attached hydrogens (tertiary/aromatic N) is 4. The molecule has 3 amide bonds. The molecule has 2 aliphatic heterocycles. The first-order valence-electron chi connectivity index (χ1n) is 14.9. The highest BCUT2D eigenvalue weighted by Gasteiger charge is 2.60. The van der Waals surface area contributed by atoms with Crippen molar-refractivity contribution in [2.24, 2.45) is 5.73 Å². The minimum atomic E-state index is -4.56. The van der Waals surface area contributed by atoms with E-state index >= 15 is 0 Å². The predicted molar refractivity (Wildman–Crippen MR) is 176 cm³/mol. The lowest BCUT2D eigenvalue weighted by molar-refractivity contribution is -0.384. The van der Waals surface area contributed by atoms with E-state index < -0.39 is 80.0 Å². The van der Waals surface area contributed by atoms with Gasteiger partial charge in [0.25, 0.3) is 17.5 Å². The van der Waals surface area contributed by atoms with Gasteiger partial charge in [0.2, 0.25) is 0 Å². The number of amides is 3. The number of carbonyl (C=O) groups is 4. The molecule has 3 aromatic rings. The number of pyridine rings is 1. The van der Waals surface area contributed by atoms with Gasteiger partial charge in [-0.3, -0.25) is 29.6 Å². The summed E-state index contributed by atoms with van der Waals surface area (Å²) >= 11 is 0.925. The minimum absolute atomic E-state index is 0.195. The third-order valence-electron chi connectivity index (χ3n) is 7.28. The normalized spacial score (nSPS) is 17.9. The van der Waals surface area contributed by atoms with Crippen molar-refractivity contribution in [3.63, 3.8) is 0 Å². The van der Waals surface area contributed by atoms with E-state index in [0.717, 1.165) is 22.9 Å². The second-order valence-electron chi connectivity index (χ2n) is 11.9. The van der Waals surface area contributed by atoms with Crippen molar-refractivity contribution in [3.8, 4) is 0 Å². The number of benzene rings is 2. The highest BCUT2D eigenvalue weighted by atomic mass is 32.2. The zero-order chi connectivity index (χ0) is 36.4. The molecule has 2 aromatic carbocycles. The monoisotopic (exact) mass is 725 g/mol. The topological polar surface area (TPSA) is 219 Å². The molecule has 2 unspecified atom stereocenters. The van der Waals surface area contributed by atoms with E-state index in [4.69, 9.17) is 19.4 Å². The van der Waals surface area contributed by atoms with Gasteiger partial charge in [0.05, 0.1) is 10.7 Å². The molecule has 0 spiro atoms. The molecule has 2 N–H and O–H groups in total. The smallest absolute Gasteiger partial charge is 0.417 e. The summed E-state index contributed by atoms with van der Waals surface area (Å²) in [4.78, 5) is 70.4. The van der Waals surface area contributed by atoms with Gasteiger partial charge in [0, 0.05) is 24.5 Å². The summed E-state index contributed by atoms with van der Waals surface area (Å²) in [6, 6.07) is 13.0. The minimum Gasteiger partial charge on any atom is -0.456 e. The number of esters is 1. The Hall–Kier alpha value is -5.33. The van der Waals surface area contributed by atoms with Crippen LogP contribution in [0.4, 0.5) is 10.5 Å². The molecule has 0 bridgehead atoms. The number of aromatic nitrogens is 1. The van der Waals surface area contributed by atoms with Crippen LogP contribution in [-0.2, 0) is 44.8 Å². The Morgan fingerprint density at radius 2 is 1.78 bits per heavy atom. The Kier molecular flexibility index (Phi) is 10.3. The van der Waals surface area contributed by atoms with Gasteiger partial charge >= 0.3 is 22.2 Å². The molecular formula is C32H31N5O11S2. The summed E-state index contributed by atoms with van der Waals surface area (Å²) < 4.78 is 42.6. The molecule has 50 heavy (non-hydrogen) atoms. The van der Waals surface area contributed by atoms with Crippen molar-refractivity contribution in [1.29, 1.82) is 0 Å². The summed E-state index contributed by atoms with van der Waals surface area (Å²) in [7, 11) is -4.56. The molecule has 5 rings (SSSR count). The lowest BCUT2D eigenvalue weighted by Gasteiger charge is -2.51. The maximum atomic E-state index is 14.0. The summed E-state index contributed by atoms with van der Waals surface area (Å²) in [5.41, 5.74) is 5.13. The van der Waals surface area contributed by atoms with Gasteiger partial charge in [-0.2, -0.15) is 8.42 Å². The van der Waals surface area contributed by atoms with Crippen LogP contribution in [0, 0.1) is 10.1 Å². The van der Waals surface area contributed by atoms with Gasteiger partial charge in [-0.15, -0.1) is 11.8 Å². The SMILES string of the molecule is CC(C)(C)OC(=O)N(C(=O)C(N)c1ccccc1)C1C(=O)N2C(C(=O)OCc3ccc([N+](=O)[O-])cc3)=C(OS(=O)(=O)c3cccnc3)CS[C@@H]12. The molecule has 0 aliphatic carbocycles. The number of imide groups is 1. The van der Waals surface area contributed by atoms with Crippen molar-refractivity contribution in [2.75, 3.05) is 5.75 Å². The van der Waals surface area contributed by atoms with Crippen LogP contribution >= 0.6 is 11.8 Å². The number of non-ortho nitro benzene ring substituents is 1. The van der Waals surface area contributed by atoms with E-state index in [1.165, 1.54) is 42.6 Å².